The van der Waals surface area contributed by atoms with Gasteiger partial charge in [-0.15, -0.1) is 0 Å². The summed E-state index contributed by atoms with van der Waals surface area (Å²) >= 11 is 0. The lowest BCUT2D eigenvalue weighted by atomic mass is 10.1. The molecule has 1 aromatic carbocycles. The number of aryl methyl sites for hydroxylation is 1. The monoisotopic (exact) mass is 254 g/mol. The Kier molecular flexibility index (Phi) is 2.68. The minimum Gasteiger partial charge on any atom is -0.332 e. The number of rotatable bonds is 2. The number of nitrogens with zero attached hydrogens (tertiary/aromatic N) is 3. The van der Waals surface area contributed by atoms with Crippen LogP contribution < -0.4 is 5.56 Å². The molecule has 0 saturated carbocycles. The number of hydrogen-bond donors (Lipinski definition) is 1. The van der Waals surface area contributed by atoms with E-state index in [0.717, 1.165) is 11.1 Å². The van der Waals surface area contributed by atoms with Gasteiger partial charge >= 0.3 is 0 Å². The molecule has 0 saturated heterocycles. The number of benzene rings is 1. The van der Waals surface area contributed by atoms with Gasteiger partial charge in [0.25, 0.3) is 11.4 Å². The molecule has 0 aliphatic rings. The van der Waals surface area contributed by atoms with Crippen molar-refractivity contribution in [2.75, 3.05) is 0 Å². The van der Waals surface area contributed by atoms with Gasteiger partial charge in [-0.25, -0.2) is 5.10 Å². The van der Waals surface area contributed by atoms with Crippen LogP contribution in [-0.2, 0) is 0 Å². The van der Waals surface area contributed by atoms with E-state index in [1.165, 1.54) is 12.1 Å². The zero-order valence-corrected chi connectivity index (χ0v) is 10.1. The smallest absolute Gasteiger partial charge is 0.278 e. The van der Waals surface area contributed by atoms with Crippen LogP contribution in [-0.4, -0.2) is 20.3 Å². The normalized spacial score (nSPS) is 10.6. The van der Waals surface area contributed by atoms with Gasteiger partial charge in [-0.3, -0.25) is 4.79 Å². The van der Waals surface area contributed by atoms with Crippen LogP contribution in [0, 0.1) is 6.92 Å². The standard InChI is InChI=1S/C13H10N4O2/c1-8-4-2-3-5-9(8)12-14-13(19-17-12)10-6-7-11(18)16-15-10/h2-7H,1H3,(H,16,18). The van der Waals surface area contributed by atoms with Gasteiger partial charge in [0.2, 0.25) is 5.82 Å². The third kappa shape index (κ3) is 2.15. The van der Waals surface area contributed by atoms with Crippen LogP contribution in [0.4, 0.5) is 0 Å². The molecular formula is C13H10N4O2. The molecule has 2 heterocycles. The van der Waals surface area contributed by atoms with Gasteiger partial charge in [-0.05, 0) is 18.6 Å². The second-order valence-electron chi connectivity index (χ2n) is 4.04. The highest BCUT2D eigenvalue weighted by Crippen LogP contribution is 2.22. The van der Waals surface area contributed by atoms with Crippen molar-refractivity contribution in [3.63, 3.8) is 0 Å². The predicted octanol–water partition coefficient (Wildman–Crippen LogP) is 1.80. The molecule has 2 aromatic heterocycles. The maximum absolute atomic E-state index is 10.9. The van der Waals surface area contributed by atoms with E-state index in [2.05, 4.69) is 20.3 Å². The third-order valence-electron chi connectivity index (χ3n) is 2.71. The van der Waals surface area contributed by atoms with E-state index in [0.29, 0.717) is 11.5 Å². The summed E-state index contributed by atoms with van der Waals surface area (Å²) in [6.45, 7) is 1.98. The fraction of sp³-hybridized carbons (Fsp3) is 0.0769. The van der Waals surface area contributed by atoms with E-state index in [1.807, 2.05) is 31.2 Å². The van der Waals surface area contributed by atoms with Gasteiger partial charge in [0, 0.05) is 11.6 Å². The fourth-order valence-electron chi connectivity index (χ4n) is 1.72. The molecule has 6 nitrogen and oxygen atoms in total. The molecule has 0 aliphatic heterocycles. The molecule has 0 bridgehead atoms. The third-order valence-corrected chi connectivity index (χ3v) is 2.71. The molecule has 0 aliphatic carbocycles. The number of hydrogen-bond acceptors (Lipinski definition) is 5. The van der Waals surface area contributed by atoms with Crippen molar-refractivity contribution in [1.29, 1.82) is 0 Å². The van der Waals surface area contributed by atoms with Gasteiger partial charge in [-0.1, -0.05) is 29.4 Å². The fourth-order valence-corrected chi connectivity index (χ4v) is 1.72. The molecule has 0 fully saturated rings. The average Bonchev–Trinajstić information content (AvgIpc) is 2.89. The Morgan fingerprint density at radius 2 is 2.00 bits per heavy atom. The van der Waals surface area contributed by atoms with Crippen LogP contribution in [0.25, 0.3) is 23.0 Å². The highest BCUT2D eigenvalue weighted by molar-refractivity contribution is 5.61. The lowest BCUT2D eigenvalue weighted by Crippen LogP contribution is -2.05. The Hall–Kier alpha value is -2.76. The predicted molar refractivity (Wildman–Crippen MR) is 68.3 cm³/mol. The molecule has 0 radical (unpaired) electrons. The van der Waals surface area contributed by atoms with E-state index in [-0.39, 0.29) is 11.4 Å². The number of nitrogens with one attached hydrogen (secondary N) is 1. The first kappa shape index (κ1) is 11.3. The van der Waals surface area contributed by atoms with Crippen molar-refractivity contribution in [3.8, 4) is 23.0 Å². The van der Waals surface area contributed by atoms with E-state index >= 15 is 0 Å². The van der Waals surface area contributed by atoms with Crippen molar-refractivity contribution < 1.29 is 4.52 Å². The van der Waals surface area contributed by atoms with Gasteiger partial charge in [-0.2, -0.15) is 10.1 Å². The highest BCUT2D eigenvalue weighted by Gasteiger charge is 2.12. The Morgan fingerprint density at radius 3 is 2.74 bits per heavy atom. The van der Waals surface area contributed by atoms with Crippen LogP contribution in [0.1, 0.15) is 5.56 Å². The molecule has 19 heavy (non-hydrogen) atoms. The lowest BCUT2D eigenvalue weighted by Gasteiger charge is -1.97. The van der Waals surface area contributed by atoms with Crippen LogP contribution in [0.5, 0.6) is 0 Å². The Balaban J connectivity index is 2.02. The van der Waals surface area contributed by atoms with Gasteiger partial charge in [0.05, 0.1) is 0 Å². The molecule has 3 aromatic rings. The largest absolute Gasteiger partial charge is 0.332 e. The van der Waals surface area contributed by atoms with Gasteiger partial charge in [0.1, 0.15) is 5.69 Å². The molecular weight excluding hydrogens is 244 g/mol. The van der Waals surface area contributed by atoms with Crippen molar-refractivity contribution in [1.82, 2.24) is 20.3 Å². The Labute approximate surface area is 108 Å². The number of aromatic nitrogens is 4. The number of H-pyrrole nitrogens is 1. The summed E-state index contributed by atoms with van der Waals surface area (Å²) in [6.07, 6.45) is 0. The highest BCUT2D eigenvalue weighted by atomic mass is 16.5. The van der Waals surface area contributed by atoms with E-state index in [4.69, 9.17) is 4.52 Å². The van der Waals surface area contributed by atoms with Crippen molar-refractivity contribution in [2.45, 2.75) is 6.92 Å². The summed E-state index contributed by atoms with van der Waals surface area (Å²) in [5.41, 5.74) is 2.13. The van der Waals surface area contributed by atoms with E-state index < -0.39 is 0 Å². The second kappa shape index (κ2) is 4.49. The summed E-state index contributed by atoms with van der Waals surface area (Å²) in [5, 5.41) is 10.1. The summed E-state index contributed by atoms with van der Waals surface area (Å²) in [6, 6.07) is 10.7. The van der Waals surface area contributed by atoms with Gasteiger partial charge in [0.15, 0.2) is 0 Å². The number of aromatic amines is 1. The van der Waals surface area contributed by atoms with Crippen molar-refractivity contribution in [3.05, 3.63) is 52.3 Å². The molecule has 0 spiro atoms. The zero-order chi connectivity index (χ0) is 13.2. The van der Waals surface area contributed by atoms with Crippen LogP contribution >= 0.6 is 0 Å². The average molecular weight is 254 g/mol. The topological polar surface area (TPSA) is 84.7 Å². The minimum absolute atomic E-state index is 0.273. The maximum Gasteiger partial charge on any atom is 0.278 e. The summed E-state index contributed by atoms with van der Waals surface area (Å²) in [7, 11) is 0. The van der Waals surface area contributed by atoms with Gasteiger partial charge < -0.3 is 4.52 Å². The molecule has 0 unspecified atom stereocenters. The first-order valence-electron chi connectivity index (χ1n) is 5.70. The molecule has 94 valence electrons. The Bertz CT molecular complexity index is 756. The van der Waals surface area contributed by atoms with Crippen LogP contribution in [0.3, 0.4) is 0 Å². The van der Waals surface area contributed by atoms with E-state index in [1.54, 1.807) is 0 Å². The SMILES string of the molecule is Cc1ccccc1-c1noc(-c2ccc(=O)[nH]n2)n1. The van der Waals surface area contributed by atoms with Crippen molar-refractivity contribution in [2.24, 2.45) is 0 Å². The Morgan fingerprint density at radius 1 is 1.16 bits per heavy atom. The summed E-state index contributed by atoms with van der Waals surface area (Å²) < 4.78 is 5.15. The van der Waals surface area contributed by atoms with Crippen LogP contribution in [0.2, 0.25) is 0 Å². The molecule has 0 atom stereocenters. The lowest BCUT2D eigenvalue weighted by molar-refractivity contribution is 0.430. The first-order valence-corrected chi connectivity index (χ1v) is 5.70. The molecule has 0 amide bonds. The summed E-state index contributed by atoms with van der Waals surface area (Å²) in [5.74, 6) is 0.774. The van der Waals surface area contributed by atoms with Crippen molar-refractivity contribution >= 4 is 0 Å². The zero-order valence-electron chi connectivity index (χ0n) is 10.1. The summed E-state index contributed by atoms with van der Waals surface area (Å²) in [4.78, 5) is 15.2. The van der Waals surface area contributed by atoms with Crippen LogP contribution in [0.15, 0.2) is 45.7 Å². The second-order valence-corrected chi connectivity index (χ2v) is 4.04. The minimum atomic E-state index is -0.276. The maximum atomic E-state index is 10.9. The molecule has 3 rings (SSSR count). The molecule has 6 heteroatoms. The quantitative estimate of drug-likeness (QED) is 0.753. The first-order chi connectivity index (χ1) is 9.24. The van der Waals surface area contributed by atoms with E-state index in [9.17, 15) is 4.79 Å². The molecule has 1 N–H and O–H groups in total.